The quantitative estimate of drug-likeness (QED) is 0.738. The van der Waals surface area contributed by atoms with E-state index in [9.17, 15) is 9.59 Å². The van der Waals surface area contributed by atoms with Gasteiger partial charge in [0.25, 0.3) is 0 Å². The van der Waals surface area contributed by atoms with Crippen molar-refractivity contribution in [2.75, 3.05) is 33.3 Å². The van der Waals surface area contributed by atoms with Crippen molar-refractivity contribution in [2.45, 2.75) is 25.8 Å². The highest BCUT2D eigenvalue weighted by molar-refractivity contribution is 5.78. The lowest BCUT2D eigenvalue weighted by Crippen LogP contribution is -2.40. The second-order valence-electron chi connectivity index (χ2n) is 5.74. The van der Waals surface area contributed by atoms with Crippen LogP contribution in [-0.2, 0) is 9.59 Å². The number of likely N-dealkylation sites (tertiary alicyclic amines) is 1. The zero-order valence-electron chi connectivity index (χ0n) is 13.8. The van der Waals surface area contributed by atoms with Crippen molar-refractivity contribution in [3.63, 3.8) is 0 Å². The summed E-state index contributed by atoms with van der Waals surface area (Å²) < 4.78 is 5.28. The van der Waals surface area contributed by atoms with Gasteiger partial charge in [-0.15, -0.1) is 0 Å². The molecule has 0 radical (unpaired) electrons. The molecule has 0 spiro atoms. The lowest BCUT2D eigenvalue weighted by atomic mass is 10.0. The van der Waals surface area contributed by atoms with Gasteiger partial charge in [-0.2, -0.15) is 0 Å². The molecule has 0 aliphatic carbocycles. The Morgan fingerprint density at radius 3 is 2.83 bits per heavy atom. The number of hydrogen-bond acceptors (Lipinski definition) is 4. The van der Waals surface area contributed by atoms with Gasteiger partial charge in [-0.05, 0) is 37.1 Å². The standard InChI is InChI=1S/C17H25N3O3/c1-13(21)18-8-9-19-17(22)12-20-10-4-7-16(20)14-5-3-6-15(11-14)23-2/h3,5-6,11,16H,4,7-10,12H2,1-2H3,(H,18,21)(H,19,22). The first kappa shape index (κ1) is 17.3. The molecule has 6 heteroatoms. The summed E-state index contributed by atoms with van der Waals surface area (Å²) in [6.45, 7) is 3.67. The Bertz CT molecular complexity index is 548. The molecule has 2 N–H and O–H groups in total. The van der Waals surface area contributed by atoms with E-state index in [1.165, 1.54) is 12.5 Å². The maximum absolute atomic E-state index is 12.1. The molecule has 23 heavy (non-hydrogen) atoms. The number of hydrogen-bond donors (Lipinski definition) is 2. The van der Waals surface area contributed by atoms with E-state index in [1.807, 2.05) is 18.2 Å². The molecule has 126 valence electrons. The number of amides is 2. The fraction of sp³-hybridized carbons (Fsp3) is 0.529. The van der Waals surface area contributed by atoms with E-state index >= 15 is 0 Å². The molecule has 0 bridgehead atoms. The Balaban J connectivity index is 1.86. The highest BCUT2D eigenvalue weighted by Gasteiger charge is 2.27. The number of nitrogens with one attached hydrogen (secondary N) is 2. The minimum Gasteiger partial charge on any atom is -0.497 e. The van der Waals surface area contributed by atoms with Crippen LogP contribution in [0.3, 0.4) is 0 Å². The third kappa shape index (κ3) is 5.25. The van der Waals surface area contributed by atoms with E-state index in [1.54, 1.807) is 7.11 Å². The molecule has 1 aliphatic heterocycles. The van der Waals surface area contributed by atoms with E-state index in [0.29, 0.717) is 19.6 Å². The van der Waals surface area contributed by atoms with Crippen molar-refractivity contribution < 1.29 is 14.3 Å². The van der Waals surface area contributed by atoms with Crippen molar-refractivity contribution in [3.8, 4) is 5.75 Å². The molecule has 1 aromatic carbocycles. The molecule has 0 saturated carbocycles. The van der Waals surface area contributed by atoms with E-state index in [4.69, 9.17) is 4.74 Å². The smallest absolute Gasteiger partial charge is 0.234 e. The van der Waals surface area contributed by atoms with Crippen molar-refractivity contribution in [3.05, 3.63) is 29.8 Å². The average molecular weight is 319 g/mol. The molecule has 1 fully saturated rings. The molecular weight excluding hydrogens is 294 g/mol. The normalized spacial score (nSPS) is 17.7. The molecule has 1 heterocycles. The van der Waals surface area contributed by atoms with Crippen molar-refractivity contribution in [2.24, 2.45) is 0 Å². The van der Waals surface area contributed by atoms with Crippen molar-refractivity contribution >= 4 is 11.8 Å². The van der Waals surface area contributed by atoms with Crippen LogP contribution in [0.1, 0.15) is 31.4 Å². The Labute approximate surface area is 137 Å². The number of methoxy groups -OCH3 is 1. The van der Waals surface area contributed by atoms with E-state index < -0.39 is 0 Å². The second kappa shape index (κ2) is 8.53. The van der Waals surface area contributed by atoms with Gasteiger partial charge in [0.2, 0.25) is 11.8 Å². The first-order valence-corrected chi connectivity index (χ1v) is 7.99. The molecule has 6 nitrogen and oxygen atoms in total. The predicted molar refractivity (Wildman–Crippen MR) is 88.2 cm³/mol. The third-order valence-electron chi connectivity index (χ3n) is 4.01. The minimum absolute atomic E-state index is 0.00912. The lowest BCUT2D eigenvalue weighted by Gasteiger charge is -2.24. The number of ether oxygens (including phenoxy) is 1. The summed E-state index contributed by atoms with van der Waals surface area (Å²) in [6.07, 6.45) is 2.13. The van der Waals surface area contributed by atoms with Crippen LogP contribution < -0.4 is 15.4 Å². The first-order valence-electron chi connectivity index (χ1n) is 7.99. The van der Waals surface area contributed by atoms with Gasteiger partial charge in [-0.25, -0.2) is 0 Å². The van der Waals surface area contributed by atoms with Gasteiger partial charge in [-0.1, -0.05) is 12.1 Å². The topological polar surface area (TPSA) is 70.7 Å². The van der Waals surface area contributed by atoms with Gasteiger partial charge in [0.05, 0.1) is 13.7 Å². The van der Waals surface area contributed by atoms with E-state index in [2.05, 4.69) is 21.6 Å². The molecular formula is C17H25N3O3. The van der Waals surface area contributed by atoms with Crippen LogP contribution in [0.5, 0.6) is 5.75 Å². The summed E-state index contributed by atoms with van der Waals surface area (Å²) in [7, 11) is 1.66. The Morgan fingerprint density at radius 2 is 2.09 bits per heavy atom. The molecule has 1 saturated heterocycles. The minimum atomic E-state index is -0.0862. The summed E-state index contributed by atoms with van der Waals surface area (Å²) >= 11 is 0. The van der Waals surface area contributed by atoms with Crippen LogP contribution in [0.4, 0.5) is 0 Å². The summed E-state index contributed by atoms with van der Waals surface area (Å²) in [4.78, 5) is 25.0. The highest BCUT2D eigenvalue weighted by atomic mass is 16.5. The molecule has 1 atom stereocenters. The van der Waals surface area contributed by atoms with Gasteiger partial charge < -0.3 is 15.4 Å². The van der Waals surface area contributed by atoms with E-state index in [0.717, 1.165) is 25.1 Å². The third-order valence-corrected chi connectivity index (χ3v) is 4.01. The summed E-state index contributed by atoms with van der Waals surface area (Å²) in [5, 5.41) is 5.50. The number of nitrogens with zero attached hydrogens (tertiary/aromatic N) is 1. The zero-order valence-corrected chi connectivity index (χ0v) is 13.8. The Hall–Kier alpha value is -2.08. The molecule has 1 aliphatic rings. The second-order valence-corrected chi connectivity index (χ2v) is 5.74. The maximum Gasteiger partial charge on any atom is 0.234 e. The molecule has 2 rings (SSSR count). The number of carbonyl (C=O) groups excluding carboxylic acids is 2. The predicted octanol–water partition coefficient (Wildman–Crippen LogP) is 1.08. The maximum atomic E-state index is 12.1. The van der Waals surface area contributed by atoms with Crippen molar-refractivity contribution in [1.29, 1.82) is 0 Å². The van der Waals surface area contributed by atoms with Crippen LogP contribution in [0.25, 0.3) is 0 Å². The Kier molecular flexibility index (Phi) is 6.40. The van der Waals surface area contributed by atoms with Gasteiger partial charge in [0, 0.05) is 26.1 Å². The van der Waals surface area contributed by atoms with Crippen LogP contribution >= 0.6 is 0 Å². The fourth-order valence-electron chi connectivity index (χ4n) is 2.92. The van der Waals surface area contributed by atoms with Gasteiger partial charge >= 0.3 is 0 Å². The monoisotopic (exact) mass is 319 g/mol. The van der Waals surface area contributed by atoms with Crippen LogP contribution in [0.15, 0.2) is 24.3 Å². The molecule has 0 aromatic heterocycles. The summed E-state index contributed by atoms with van der Waals surface area (Å²) in [5.41, 5.74) is 1.19. The van der Waals surface area contributed by atoms with Crippen molar-refractivity contribution in [1.82, 2.24) is 15.5 Å². The number of benzene rings is 1. The van der Waals surface area contributed by atoms with Crippen LogP contribution in [0.2, 0.25) is 0 Å². The number of rotatable bonds is 7. The van der Waals surface area contributed by atoms with Gasteiger partial charge in [-0.3, -0.25) is 14.5 Å². The molecule has 1 aromatic rings. The Morgan fingerprint density at radius 1 is 1.30 bits per heavy atom. The van der Waals surface area contributed by atoms with Crippen LogP contribution in [0, 0.1) is 0 Å². The number of carbonyl (C=O) groups is 2. The van der Waals surface area contributed by atoms with Gasteiger partial charge in [0.15, 0.2) is 0 Å². The molecule has 2 amide bonds. The fourth-order valence-corrected chi connectivity index (χ4v) is 2.92. The first-order chi connectivity index (χ1) is 11.1. The highest BCUT2D eigenvalue weighted by Crippen LogP contribution is 2.32. The molecule has 1 unspecified atom stereocenters. The zero-order chi connectivity index (χ0) is 16.7. The summed E-state index contributed by atoms with van der Waals surface area (Å²) in [5.74, 6) is 0.746. The largest absolute Gasteiger partial charge is 0.497 e. The lowest BCUT2D eigenvalue weighted by molar-refractivity contribution is -0.123. The van der Waals surface area contributed by atoms with Crippen LogP contribution in [-0.4, -0.2) is 50.0 Å². The summed E-state index contributed by atoms with van der Waals surface area (Å²) in [6, 6.07) is 8.29. The SMILES string of the molecule is COc1cccc(C2CCCN2CC(=O)NCCNC(C)=O)c1. The van der Waals surface area contributed by atoms with Gasteiger partial charge in [0.1, 0.15) is 5.75 Å². The van der Waals surface area contributed by atoms with E-state index in [-0.39, 0.29) is 17.9 Å². The average Bonchev–Trinajstić information content (AvgIpc) is 2.99.